The summed E-state index contributed by atoms with van der Waals surface area (Å²) in [5, 5.41) is 8.90. The predicted molar refractivity (Wildman–Crippen MR) is 70.3 cm³/mol. The molecule has 0 saturated carbocycles. The quantitative estimate of drug-likeness (QED) is 0.714. The highest BCUT2D eigenvalue weighted by atomic mass is 32.2. The van der Waals surface area contributed by atoms with Crippen LogP contribution in [0.4, 0.5) is 4.39 Å². The van der Waals surface area contributed by atoms with E-state index in [1.165, 1.54) is 18.2 Å². The number of rotatable bonds is 7. The highest BCUT2D eigenvalue weighted by Crippen LogP contribution is 2.19. The molecule has 5 nitrogen and oxygen atoms in total. The van der Waals surface area contributed by atoms with Gasteiger partial charge in [0.25, 0.3) is 0 Å². The zero-order valence-electron chi connectivity index (χ0n) is 10.4. The first kappa shape index (κ1) is 15.8. The molecule has 0 fully saturated rings. The van der Waals surface area contributed by atoms with Crippen molar-refractivity contribution in [1.29, 1.82) is 0 Å². The monoisotopic (exact) mass is 288 g/mol. The van der Waals surface area contributed by atoms with Crippen LogP contribution in [0.5, 0.6) is 0 Å². The average Bonchev–Trinajstić information content (AvgIpc) is 2.38. The second-order valence-corrected chi connectivity index (χ2v) is 5.77. The van der Waals surface area contributed by atoms with Crippen LogP contribution in [0.25, 0.3) is 0 Å². The molecule has 0 heterocycles. The number of aliphatic hydroxyl groups is 1. The molecular formula is C12H17FN2O3S. The van der Waals surface area contributed by atoms with Crippen molar-refractivity contribution >= 4 is 10.0 Å². The van der Waals surface area contributed by atoms with E-state index in [0.717, 1.165) is 10.4 Å². The van der Waals surface area contributed by atoms with Crippen molar-refractivity contribution in [3.8, 4) is 0 Å². The highest BCUT2D eigenvalue weighted by molar-refractivity contribution is 7.89. The molecule has 1 rings (SSSR count). The minimum atomic E-state index is -3.79. The standard InChI is InChI=1S/C12H17FN2O3S/c1-2-5-15(6-7-16)19(17,18)11-3-4-12(13)10(8-11)9-14/h2-4,8,16H,1,5-7,9,14H2. The van der Waals surface area contributed by atoms with Gasteiger partial charge in [-0.15, -0.1) is 6.58 Å². The van der Waals surface area contributed by atoms with Crippen LogP contribution >= 0.6 is 0 Å². The number of hydrogen-bond donors (Lipinski definition) is 2. The molecule has 0 aliphatic rings. The molecular weight excluding hydrogens is 271 g/mol. The zero-order valence-corrected chi connectivity index (χ0v) is 11.2. The van der Waals surface area contributed by atoms with Gasteiger partial charge in [-0.3, -0.25) is 0 Å². The third kappa shape index (κ3) is 3.60. The highest BCUT2D eigenvalue weighted by Gasteiger charge is 2.23. The molecule has 0 amide bonds. The van der Waals surface area contributed by atoms with Crippen molar-refractivity contribution in [3.63, 3.8) is 0 Å². The van der Waals surface area contributed by atoms with Crippen LogP contribution < -0.4 is 5.73 Å². The number of aliphatic hydroxyl groups excluding tert-OH is 1. The van der Waals surface area contributed by atoms with Gasteiger partial charge in [-0.2, -0.15) is 4.31 Å². The molecule has 1 aromatic rings. The summed E-state index contributed by atoms with van der Waals surface area (Å²) < 4.78 is 39.0. The molecule has 0 aliphatic carbocycles. The molecule has 0 saturated heterocycles. The summed E-state index contributed by atoms with van der Waals surface area (Å²) in [5.74, 6) is -0.543. The van der Waals surface area contributed by atoms with E-state index < -0.39 is 15.8 Å². The molecule has 0 atom stereocenters. The minimum Gasteiger partial charge on any atom is -0.395 e. The molecule has 0 aliphatic heterocycles. The third-order valence-corrected chi connectivity index (χ3v) is 4.42. The van der Waals surface area contributed by atoms with Crippen molar-refractivity contribution in [3.05, 3.63) is 42.2 Å². The van der Waals surface area contributed by atoms with Gasteiger partial charge in [0.15, 0.2) is 0 Å². The van der Waals surface area contributed by atoms with Gasteiger partial charge < -0.3 is 10.8 Å². The summed E-state index contributed by atoms with van der Waals surface area (Å²) in [6, 6.07) is 3.45. The number of benzene rings is 1. The third-order valence-electron chi connectivity index (χ3n) is 2.56. The van der Waals surface area contributed by atoms with Gasteiger partial charge in [0, 0.05) is 25.2 Å². The smallest absolute Gasteiger partial charge is 0.243 e. The summed E-state index contributed by atoms with van der Waals surface area (Å²) in [6.07, 6.45) is 1.42. The van der Waals surface area contributed by atoms with Crippen LogP contribution in [0, 0.1) is 5.82 Å². The number of hydrogen-bond acceptors (Lipinski definition) is 4. The average molecular weight is 288 g/mol. The van der Waals surface area contributed by atoms with Gasteiger partial charge in [-0.05, 0) is 18.2 Å². The molecule has 0 radical (unpaired) electrons. The number of nitrogens with zero attached hydrogens (tertiary/aromatic N) is 1. The fourth-order valence-electron chi connectivity index (χ4n) is 1.58. The summed E-state index contributed by atoms with van der Waals surface area (Å²) in [5.41, 5.74) is 5.48. The van der Waals surface area contributed by atoms with E-state index in [2.05, 4.69) is 6.58 Å². The van der Waals surface area contributed by atoms with Crippen molar-refractivity contribution in [2.24, 2.45) is 5.73 Å². The fourth-order valence-corrected chi connectivity index (χ4v) is 3.04. The van der Waals surface area contributed by atoms with Gasteiger partial charge >= 0.3 is 0 Å². The second-order valence-electron chi connectivity index (χ2n) is 3.83. The van der Waals surface area contributed by atoms with Crippen LogP contribution in [-0.2, 0) is 16.6 Å². The zero-order chi connectivity index (χ0) is 14.5. The van der Waals surface area contributed by atoms with Crippen molar-refractivity contribution < 1.29 is 17.9 Å². The van der Waals surface area contributed by atoms with Crippen molar-refractivity contribution in [2.75, 3.05) is 19.7 Å². The maximum Gasteiger partial charge on any atom is 0.243 e. The number of nitrogens with two attached hydrogens (primary N) is 1. The van der Waals surface area contributed by atoms with Gasteiger partial charge in [0.2, 0.25) is 10.0 Å². The lowest BCUT2D eigenvalue weighted by molar-refractivity contribution is 0.260. The normalized spacial score (nSPS) is 11.8. The van der Waals surface area contributed by atoms with Crippen LogP contribution in [0.1, 0.15) is 5.56 Å². The molecule has 19 heavy (non-hydrogen) atoms. The van der Waals surface area contributed by atoms with E-state index in [1.807, 2.05) is 0 Å². The molecule has 0 spiro atoms. The van der Waals surface area contributed by atoms with Crippen LogP contribution in [-0.4, -0.2) is 37.5 Å². The Bertz CT molecular complexity index is 546. The Morgan fingerprint density at radius 1 is 1.47 bits per heavy atom. The van der Waals surface area contributed by atoms with E-state index in [9.17, 15) is 12.8 Å². The molecule has 0 bridgehead atoms. The molecule has 1 aromatic carbocycles. The molecule has 3 N–H and O–H groups in total. The predicted octanol–water partition coefficient (Wildman–Crippen LogP) is 0.453. The lowest BCUT2D eigenvalue weighted by Crippen LogP contribution is -2.33. The first-order valence-electron chi connectivity index (χ1n) is 5.67. The second kappa shape index (κ2) is 6.76. The minimum absolute atomic E-state index is 0.0512. The van der Waals surface area contributed by atoms with Crippen molar-refractivity contribution in [2.45, 2.75) is 11.4 Å². The van der Waals surface area contributed by atoms with Crippen LogP contribution in [0.2, 0.25) is 0 Å². The maximum atomic E-state index is 13.3. The molecule has 7 heteroatoms. The molecule has 106 valence electrons. The summed E-state index contributed by atoms with van der Waals surface area (Å²) in [7, 11) is -3.79. The summed E-state index contributed by atoms with van der Waals surface area (Å²) in [6.45, 7) is 3.09. The maximum absolute atomic E-state index is 13.3. The Kier molecular flexibility index (Phi) is 5.61. The summed E-state index contributed by atoms with van der Waals surface area (Å²) >= 11 is 0. The first-order valence-corrected chi connectivity index (χ1v) is 7.11. The van der Waals surface area contributed by atoms with Crippen molar-refractivity contribution in [1.82, 2.24) is 4.31 Å². The Hall–Kier alpha value is -1.28. The first-order chi connectivity index (χ1) is 8.97. The number of halogens is 1. The van der Waals surface area contributed by atoms with E-state index in [1.54, 1.807) is 0 Å². The van der Waals surface area contributed by atoms with Gasteiger partial charge in [0.1, 0.15) is 5.82 Å². The Morgan fingerprint density at radius 2 is 2.16 bits per heavy atom. The number of sulfonamides is 1. The van der Waals surface area contributed by atoms with E-state index in [4.69, 9.17) is 10.8 Å². The molecule has 0 unspecified atom stereocenters. The lowest BCUT2D eigenvalue weighted by Gasteiger charge is -2.20. The van der Waals surface area contributed by atoms with E-state index >= 15 is 0 Å². The van der Waals surface area contributed by atoms with E-state index in [-0.39, 0.29) is 36.7 Å². The largest absolute Gasteiger partial charge is 0.395 e. The Morgan fingerprint density at radius 3 is 2.68 bits per heavy atom. The van der Waals surface area contributed by atoms with E-state index in [0.29, 0.717) is 0 Å². The van der Waals surface area contributed by atoms with Crippen LogP contribution in [0.3, 0.4) is 0 Å². The fraction of sp³-hybridized carbons (Fsp3) is 0.333. The van der Waals surface area contributed by atoms with Crippen LogP contribution in [0.15, 0.2) is 35.7 Å². The Balaban J connectivity index is 3.20. The van der Waals surface area contributed by atoms with Gasteiger partial charge in [-0.1, -0.05) is 6.08 Å². The molecule has 0 aromatic heterocycles. The summed E-state index contributed by atoms with van der Waals surface area (Å²) in [4.78, 5) is -0.0512. The Labute approximate surface area is 112 Å². The SMILES string of the molecule is C=CCN(CCO)S(=O)(=O)c1ccc(F)c(CN)c1. The van der Waals surface area contributed by atoms with Gasteiger partial charge in [0.05, 0.1) is 11.5 Å². The topological polar surface area (TPSA) is 83.6 Å². The van der Waals surface area contributed by atoms with Gasteiger partial charge in [-0.25, -0.2) is 12.8 Å². The lowest BCUT2D eigenvalue weighted by atomic mass is 10.2.